The number of fused-ring (bicyclic) bond motifs is 2. The lowest BCUT2D eigenvalue weighted by molar-refractivity contribution is 0.0974. The number of aliphatic hydroxyl groups is 1. The van der Waals surface area contributed by atoms with Crippen LogP contribution in [-0.2, 0) is 6.61 Å². The Kier molecular flexibility index (Phi) is 2.59. The van der Waals surface area contributed by atoms with Gasteiger partial charge in [0.2, 0.25) is 0 Å². The number of carbonyl (C=O) groups is 2. The van der Waals surface area contributed by atoms with Crippen LogP contribution in [0.1, 0.15) is 37.4 Å². The fraction of sp³-hybridized carbons (Fsp3) is 0.0667. The van der Waals surface area contributed by atoms with E-state index in [9.17, 15) is 19.8 Å². The van der Waals surface area contributed by atoms with Crippen molar-refractivity contribution in [1.82, 2.24) is 0 Å². The first kappa shape index (κ1) is 12.4. The number of aliphatic hydroxyl groups excluding tert-OH is 1. The Balaban J connectivity index is 2.35. The van der Waals surface area contributed by atoms with Gasteiger partial charge in [0, 0.05) is 11.1 Å². The van der Waals surface area contributed by atoms with Gasteiger partial charge in [-0.05, 0) is 23.8 Å². The van der Waals surface area contributed by atoms with Crippen LogP contribution in [0, 0.1) is 0 Å². The molecule has 0 saturated heterocycles. The molecule has 5 nitrogen and oxygen atoms in total. The van der Waals surface area contributed by atoms with Gasteiger partial charge in [-0.3, -0.25) is 9.59 Å². The molecule has 0 aromatic heterocycles. The van der Waals surface area contributed by atoms with Gasteiger partial charge in [0.1, 0.15) is 11.5 Å². The van der Waals surface area contributed by atoms with Crippen LogP contribution in [-0.4, -0.2) is 26.9 Å². The molecular formula is C15H10O5. The standard InChI is InChI=1S/C15H10O5/c16-6-7-4-9-13(11(18)5-7)14(19)8-2-1-3-10(17)12(8)15(9)20/h1-5,16-18H,6H2. The molecule has 0 atom stereocenters. The summed E-state index contributed by atoms with van der Waals surface area (Å²) < 4.78 is 0. The number of benzene rings is 2. The first-order valence-corrected chi connectivity index (χ1v) is 5.92. The van der Waals surface area contributed by atoms with Crippen molar-refractivity contribution in [2.75, 3.05) is 0 Å². The van der Waals surface area contributed by atoms with Crippen molar-refractivity contribution in [3.8, 4) is 11.5 Å². The Labute approximate surface area is 113 Å². The number of hydrogen-bond acceptors (Lipinski definition) is 5. The van der Waals surface area contributed by atoms with Crippen LogP contribution in [0.25, 0.3) is 0 Å². The number of phenols is 2. The number of ketones is 2. The summed E-state index contributed by atoms with van der Waals surface area (Å²) in [6.45, 7) is -0.365. The SMILES string of the molecule is O=C1c2cc(CO)cc(O)c2C(=O)c2cccc(O)c21. The molecule has 0 bridgehead atoms. The monoisotopic (exact) mass is 270 g/mol. The zero-order valence-corrected chi connectivity index (χ0v) is 10.3. The van der Waals surface area contributed by atoms with Crippen LogP contribution in [0.15, 0.2) is 30.3 Å². The molecule has 0 fully saturated rings. The number of hydrogen-bond donors (Lipinski definition) is 3. The normalized spacial score (nSPS) is 13.1. The molecule has 100 valence electrons. The molecule has 20 heavy (non-hydrogen) atoms. The van der Waals surface area contributed by atoms with E-state index in [0.717, 1.165) is 0 Å². The molecule has 1 aliphatic carbocycles. The third kappa shape index (κ3) is 1.53. The second-order valence-corrected chi connectivity index (χ2v) is 4.55. The van der Waals surface area contributed by atoms with E-state index in [1.54, 1.807) is 0 Å². The van der Waals surface area contributed by atoms with Gasteiger partial charge in [-0.25, -0.2) is 0 Å². The van der Waals surface area contributed by atoms with Crippen molar-refractivity contribution in [1.29, 1.82) is 0 Å². The molecule has 0 aliphatic heterocycles. The summed E-state index contributed by atoms with van der Waals surface area (Å²) in [4.78, 5) is 24.7. The Morgan fingerprint density at radius 1 is 0.850 bits per heavy atom. The minimum atomic E-state index is -0.543. The summed E-state index contributed by atoms with van der Waals surface area (Å²) in [6, 6.07) is 6.81. The van der Waals surface area contributed by atoms with E-state index in [0.29, 0.717) is 5.56 Å². The van der Waals surface area contributed by atoms with Gasteiger partial charge in [0.15, 0.2) is 11.6 Å². The molecule has 2 aromatic rings. The minimum Gasteiger partial charge on any atom is -0.507 e. The maximum atomic E-state index is 12.4. The van der Waals surface area contributed by atoms with Gasteiger partial charge >= 0.3 is 0 Å². The van der Waals surface area contributed by atoms with E-state index in [1.165, 1.54) is 30.3 Å². The second-order valence-electron chi connectivity index (χ2n) is 4.55. The molecule has 0 radical (unpaired) electrons. The highest BCUT2D eigenvalue weighted by Crippen LogP contribution is 2.36. The summed E-state index contributed by atoms with van der Waals surface area (Å²) >= 11 is 0. The van der Waals surface area contributed by atoms with Crippen molar-refractivity contribution in [2.24, 2.45) is 0 Å². The van der Waals surface area contributed by atoms with Crippen LogP contribution < -0.4 is 0 Å². The van der Waals surface area contributed by atoms with Crippen molar-refractivity contribution in [2.45, 2.75) is 6.61 Å². The smallest absolute Gasteiger partial charge is 0.198 e. The summed E-state index contributed by atoms with van der Waals surface area (Å²) in [5.41, 5.74) is 0.216. The lowest BCUT2D eigenvalue weighted by atomic mass is 9.82. The van der Waals surface area contributed by atoms with Crippen LogP contribution >= 0.6 is 0 Å². The van der Waals surface area contributed by atoms with Crippen molar-refractivity contribution in [3.05, 3.63) is 58.1 Å². The topological polar surface area (TPSA) is 94.8 Å². The Morgan fingerprint density at radius 2 is 1.50 bits per heavy atom. The van der Waals surface area contributed by atoms with Gasteiger partial charge in [0.25, 0.3) is 0 Å². The number of rotatable bonds is 1. The lowest BCUT2D eigenvalue weighted by Crippen LogP contribution is -2.21. The number of phenolic OH excluding ortho intramolecular Hbond substituents is 2. The summed E-state index contributed by atoms with van der Waals surface area (Å²) in [7, 11) is 0. The molecular weight excluding hydrogens is 260 g/mol. The average molecular weight is 270 g/mol. The van der Waals surface area contributed by atoms with Gasteiger partial charge in [-0.1, -0.05) is 12.1 Å². The first-order chi connectivity index (χ1) is 9.54. The Bertz CT molecular complexity index is 761. The Morgan fingerprint density at radius 3 is 2.20 bits per heavy atom. The lowest BCUT2D eigenvalue weighted by Gasteiger charge is -2.19. The van der Waals surface area contributed by atoms with Crippen LogP contribution in [0.2, 0.25) is 0 Å². The fourth-order valence-corrected chi connectivity index (χ4v) is 2.43. The van der Waals surface area contributed by atoms with E-state index in [1.807, 2.05) is 0 Å². The largest absolute Gasteiger partial charge is 0.507 e. The predicted molar refractivity (Wildman–Crippen MR) is 69.0 cm³/mol. The van der Waals surface area contributed by atoms with Crippen LogP contribution in [0.4, 0.5) is 0 Å². The average Bonchev–Trinajstić information content (AvgIpc) is 2.43. The second kappa shape index (κ2) is 4.18. The molecule has 3 N–H and O–H groups in total. The van der Waals surface area contributed by atoms with E-state index >= 15 is 0 Å². The third-order valence-electron chi connectivity index (χ3n) is 3.35. The summed E-state index contributed by atoms with van der Waals surface area (Å²) in [5.74, 6) is -1.69. The predicted octanol–water partition coefficient (Wildman–Crippen LogP) is 1.37. The molecule has 3 rings (SSSR count). The summed E-state index contributed by atoms with van der Waals surface area (Å²) in [5, 5.41) is 28.8. The zero-order valence-electron chi connectivity index (χ0n) is 10.3. The molecule has 0 heterocycles. The molecule has 2 aromatic carbocycles. The van der Waals surface area contributed by atoms with Gasteiger partial charge in [-0.2, -0.15) is 0 Å². The number of carbonyl (C=O) groups excluding carboxylic acids is 2. The fourth-order valence-electron chi connectivity index (χ4n) is 2.43. The van der Waals surface area contributed by atoms with E-state index < -0.39 is 11.6 Å². The van der Waals surface area contributed by atoms with Gasteiger partial charge in [0.05, 0.1) is 17.7 Å². The van der Waals surface area contributed by atoms with Gasteiger partial charge in [-0.15, -0.1) is 0 Å². The van der Waals surface area contributed by atoms with Gasteiger partial charge < -0.3 is 15.3 Å². The molecule has 0 saturated carbocycles. The third-order valence-corrected chi connectivity index (χ3v) is 3.35. The quantitative estimate of drug-likeness (QED) is 0.620. The van der Waals surface area contributed by atoms with Crippen LogP contribution in [0.3, 0.4) is 0 Å². The number of aromatic hydroxyl groups is 2. The highest BCUT2D eigenvalue weighted by atomic mass is 16.3. The molecule has 1 aliphatic rings. The van der Waals surface area contributed by atoms with Crippen molar-refractivity contribution < 1.29 is 24.9 Å². The Hall–Kier alpha value is -2.66. The molecule has 0 unspecified atom stereocenters. The van der Waals surface area contributed by atoms with Crippen molar-refractivity contribution in [3.63, 3.8) is 0 Å². The van der Waals surface area contributed by atoms with E-state index in [2.05, 4.69) is 0 Å². The first-order valence-electron chi connectivity index (χ1n) is 5.92. The van der Waals surface area contributed by atoms with E-state index in [4.69, 9.17) is 5.11 Å². The molecule has 5 heteroatoms. The molecule has 0 spiro atoms. The van der Waals surface area contributed by atoms with Crippen molar-refractivity contribution >= 4 is 11.6 Å². The maximum absolute atomic E-state index is 12.4. The van der Waals surface area contributed by atoms with Crippen LogP contribution in [0.5, 0.6) is 11.5 Å². The minimum absolute atomic E-state index is 0.00644. The highest BCUT2D eigenvalue weighted by Gasteiger charge is 2.34. The van der Waals surface area contributed by atoms with E-state index in [-0.39, 0.29) is 40.4 Å². The zero-order chi connectivity index (χ0) is 14.4. The maximum Gasteiger partial charge on any atom is 0.198 e. The summed E-state index contributed by atoms with van der Waals surface area (Å²) in [6.07, 6.45) is 0. The molecule has 0 amide bonds. The highest BCUT2D eigenvalue weighted by molar-refractivity contribution is 6.30.